The van der Waals surface area contributed by atoms with Crippen LogP contribution in [0, 0.1) is 0 Å². The molecule has 1 saturated heterocycles. The first-order valence-electron chi connectivity index (χ1n) is 5.85. The molecule has 0 amide bonds. The molecule has 0 unspecified atom stereocenters. The van der Waals surface area contributed by atoms with Gasteiger partial charge in [-0.25, -0.2) is 0 Å². The summed E-state index contributed by atoms with van der Waals surface area (Å²) in [6, 6.07) is 0.567. The summed E-state index contributed by atoms with van der Waals surface area (Å²) in [5.74, 6) is 2.50. The van der Waals surface area contributed by atoms with E-state index in [1.54, 1.807) is 0 Å². The van der Waals surface area contributed by atoms with E-state index in [-0.39, 0.29) is 0 Å². The van der Waals surface area contributed by atoms with Crippen LogP contribution in [0.25, 0.3) is 0 Å². The predicted octanol–water partition coefficient (Wildman–Crippen LogP) is 1.44. The fraction of sp³-hybridized carbons (Fsp3) is 0.727. The van der Waals surface area contributed by atoms with Gasteiger partial charge in [-0.1, -0.05) is 0 Å². The molecule has 2 aliphatic heterocycles. The Balaban J connectivity index is 1.94. The lowest BCUT2D eigenvalue weighted by atomic mass is 10.1. The highest BCUT2D eigenvalue weighted by Gasteiger charge is 2.27. The van der Waals surface area contributed by atoms with Gasteiger partial charge in [0.2, 0.25) is 0 Å². The fourth-order valence-electron chi connectivity index (χ4n) is 2.52. The topological polar surface area (TPSA) is 53.1 Å². The molecule has 4 nitrogen and oxygen atoms in total. The number of nitrogens with zero attached hydrogens (tertiary/aromatic N) is 2. The largest absolute Gasteiger partial charge is 0.370 e. The molecule has 16 heavy (non-hydrogen) atoms. The minimum absolute atomic E-state index is 0.528. The first-order chi connectivity index (χ1) is 7.90. The van der Waals surface area contributed by atoms with Crippen LogP contribution in [0.1, 0.15) is 35.8 Å². The van der Waals surface area contributed by atoms with Gasteiger partial charge in [0.25, 0.3) is 0 Å². The van der Waals surface area contributed by atoms with Crippen LogP contribution in [-0.2, 0) is 24.5 Å². The summed E-state index contributed by atoms with van der Waals surface area (Å²) in [6.45, 7) is 1.94. The average Bonchev–Trinajstić information content (AvgIpc) is 2.91. The van der Waals surface area contributed by atoms with Crippen molar-refractivity contribution in [1.29, 1.82) is 0 Å². The molecule has 3 rings (SSSR count). The number of hydrogen-bond donors (Lipinski definition) is 1. The van der Waals surface area contributed by atoms with Crippen molar-refractivity contribution < 1.29 is 4.74 Å². The minimum Gasteiger partial charge on any atom is -0.370 e. The van der Waals surface area contributed by atoms with Gasteiger partial charge < -0.3 is 10.5 Å². The van der Waals surface area contributed by atoms with E-state index in [0.29, 0.717) is 25.8 Å². The standard InChI is InChI=1S/C11H17N3OS/c12-5-10-9-6-15-7-11(9)14(13-10)8-1-3-16-4-2-8/h8H,1-7,12H2. The van der Waals surface area contributed by atoms with E-state index in [1.165, 1.54) is 35.6 Å². The van der Waals surface area contributed by atoms with Crippen LogP contribution in [-0.4, -0.2) is 21.3 Å². The summed E-state index contributed by atoms with van der Waals surface area (Å²) in [5.41, 5.74) is 9.29. The zero-order valence-electron chi connectivity index (χ0n) is 9.32. The Hall–Kier alpha value is -0.520. The first-order valence-corrected chi connectivity index (χ1v) is 7.00. The molecule has 3 heterocycles. The third-order valence-electron chi connectivity index (χ3n) is 3.42. The number of thioether (sulfide) groups is 1. The van der Waals surface area contributed by atoms with E-state index in [0.717, 1.165) is 5.69 Å². The Kier molecular flexibility index (Phi) is 2.91. The van der Waals surface area contributed by atoms with Crippen LogP contribution in [0.3, 0.4) is 0 Å². The van der Waals surface area contributed by atoms with Crippen molar-refractivity contribution in [2.75, 3.05) is 11.5 Å². The number of rotatable bonds is 2. The Morgan fingerprint density at radius 1 is 1.38 bits per heavy atom. The van der Waals surface area contributed by atoms with Crippen LogP contribution in [0.5, 0.6) is 0 Å². The summed E-state index contributed by atoms with van der Waals surface area (Å²) < 4.78 is 7.71. The maximum Gasteiger partial charge on any atom is 0.0893 e. The molecule has 1 aromatic rings. The van der Waals surface area contributed by atoms with E-state index in [1.807, 2.05) is 11.8 Å². The van der Waals surface area contributed by atoms with E-state index in [9.17, 15) is 0 Å². The van der Waals surface area contributed by atoms with Crippen molar-refractivity contribution in [2.45, 2.75) is 38.6 Å². The first kappa shape index (κ1) is 10.6. The second-order valence-corrected chi connectivity index (χ2v) is 5.58. The maximum atomic E-state index is 5.73. The van der Waals surface area contributed by atoms with Gasteiger partial charge in [-0.3, -0.25) is 4.68 Å². The number of nitrogens with two attached hydrogens (primary N) is 1. The molecule has 0 saturated carbocycles. The average molecular weight is 239 g/mol. The molecule has 0 aliphatic carbocycles. The third-order valence-corrected chi connectivity index (χ3v) is 4.47. The quantitative estimate of drug-likeness (QED) is 0.848. The number of ether oxygens (including phenoxy) is 1. The molecular formula is C11H17N3OS. The van der Waals surface area contributed by atoms with Crippen molar-refractivity contribution in [3.05, 3.63) is 17.0 Å². The zero-order chi connectivity index (χ0) is 11.0. The Labute approximate surface area is 99.5 Å². The number of fused-ring (bicyclic) bond motifs is 1. The van der Waals surface area contributed by atoms with Crippen LogP contribution >= 0.6 is 11.8 Å². The predicted molar refractivity (Wildman–Crippen MR) is 64.2 cm³/mol. The molecule has 0 aromatic carbocycles. The fourth-order valence-corrected chi connectivity index (χ4v) is 3.60. The maximum absolute atomic E-state index is 5.73. The van der Waals surface area contributed by atoms with E-state index >= 15 is 0 Å². The molecule has 0 spiro atoms. The smallest absolute Gasteiger partial charge is 0.0893 e. The molecule has 2 aliphatic rings. The van der Waals surface area contributed by atoms with Crippen LogP contribution in [0.4, 0.5) is 0 Å². The van der Waals surface area contributed by atoms with Gasteiger partial charge in [0.05, 0.1) is 30.6 Å². The van der Waals surface area contributed by atoms with E-state index in [4.69, 9.17) is 10.5 Å². The monoisotopic (exact) mass is 239 g/mol. The highest BCUT2D eigenvalue weighted by molar-refractivity contribution is 7.99. The molecule has 1 fully saturated rings. The molecule has 88 valence electrons. The second kappa shape index (κ2) is 4.39. The Morgan fingerprint density at radius 2 is 2.19 bits per heavy atom. The van der Waals surface area contributed by atoms with Gasteiger partial charge in [-0.15, -0.1) is 0 Å². The molecule has 2 N–H and O–H groups in total. The van der Waals surface area contributed by atoms with E-state index < -0.39 is 0 Å². The highest BCUT2D eigenvalue weighted by Crippen LogP contribution is 2.32. The molecule has 1 aromatic heterocycles. The molecule has 0 bridgehead atoms. The zero-order valence-corrected chi connectivity index (χ0v) is 10.1. The van der Waals surface area contributed by atoms with Gasteiger partial charge >= 0.3 is 0 Å². The summed E-state index contributed by atoms with van der Waals surface area (Å²) in [4.78, 5) is 0. The lowest BCUT2D eigenvalue weighted by Gasteiger charge is -2.23. The normalized spacial score (nSPS) is 21.3. The summed E-state index contributed by atoms with van der Waals surface area (Å²) in [5, 5.41) is 4.68. The third kappa shape index (κ3) is 1.67. The minimum atomic E-state index is 0.528. The van der Waals surface area contributed by atoms with Crippen LogP contribution in [0.15, 0.2) is 0 Å². The van der Waals surface area contributed by atoms with Crippen molar-refractivity contribution in [3.63, 3.8) is 0 Å². The Bertz CT molecular complexity index is 385. The van der Waals surface area contributed by atoms with Gasteiger partial charge in [0.1, 0.15) is 0 Å². The second-order valence-electron chi connectivity index (χ2n) is 4.36. The molecular weight excluding hydrogens is 222 g/mol. The summed E-state index contributed by atoms with van der Waals surface area (Å²) in [7, 11) is 0. The van der Waals surface area contributed by atoms with Crippen molar-refractivity contribution >= 4 is 11.8 Å². The molecule has 0 atom stereocenters. The van der Waals surface area contributed by atoms with Crippen LogP contribution < -0.4 is 5.73 Å². The van der Waals surface area contributed by atoms with Gasteiger partial charge in [-0.05, 0) is 24.3 Å². The van der Waals surface area contributed by atoms with Gasteiger partial charge in [0.15, 0.2) is 0 Å². The number of aromatic nitrogens is 2. The van der Waals surface area contributed by atoms with Crippen molar-refractivity contribution in [1.82, 2.24) is 9.78 Å². The summed E-state index contributed by atoms with van der Waals surface area (Å²) in [6.07, 6.45) is 2.45. The van der Waals surface area contributed by atoms with E-state index in [2.05, 4.69) is 9.78 Å². The Morgan fingerprint density at radius 3 is 2.94 bits per heavy atom. The van der Waals surface area contributed by atoms with Gasteiger partial charge in [-0.2, -0.15) is 16.9 Å². The van der Waals surface area contributed by atoms with Crippen molar-refractivity contribution in [2.24, 2.45) is 5.73 Å². The number of hydrogen-bond acceptors (Lipinski definition) is 4. The molecule has 5 heteroatoms. The van der Waals surface area contributed by atoms with Crippen LogP contribution in [0.2, 0.25) is 0 Å². The highest BCUT2D eigenvalue weighted by atomic mass is 32.2. The van der Waals surface area contributed by atoms with Gasteiger partial charge in [0, 0.05) is 12.1 Å². The lowest BCUT2D eigenvalue weighted by molar-refractivity contribution is 0.127. The lowest BCUT2D eigenvalue weighted by Crippen LogP contribution is -2.18. The van der Waals surface area contributed by atoms with Crippen molar-refractivity contribution in [3.8, 4) is 0 Å². The SMILES string of the molecule is NCc1nn(C2CCSCC2)c2c1COC2. The summed E-state index contributed by atoms with van der Waals surface area (Å²) >= 11 is 2.04. The molecule has 0 radical (unpaired) electrons.